The van der Waals surface area contributed by atoms with Crippen LogP contribution in [0.4, 0.5) is 0 Å². The average molecular weight is 222 g/mol. The molecule has 1 heterocycles. The van der Waals surface area contributed by atoms with Crippen molar-refractivity contribution in [2.24, 2.45) is 0 Å². The Kier molecular flexibility index (Phi) is 3.62. The van der Waals surface area contributed by atoms with E-state index in [4.69, 9.17) is 5.26 Å². The molecule has 0 bridgehead atoms. The number of rotatable bonds is 4. The Hall–Kier alpha value is -1.02. The molecule has 0 atom stereocenters. The number of nitrogens with one attached hydrogen (secondary N) is 1. The summed E-state index contributed by atoms with van der Waals surface area (Å²) < 4.78 is 0. The molecule has 1 aromatic heterocycles. The van der Waals surface area contributed by atoms with Crippen molar-refractivity contribution >= 4 is 11.8 Å². The standard InChI is InChI=1S/C10H14N4S/c11-6-5-9-12-10(14-13-9)7-15-8-3-1-2-4-8/h8H,1-5,7H2,(H,12,13,14). The van der Waals surface area contributed by atoms with Crippen LogP contribution in [0.3, 0.4) is 0 Å². The van der Waals surface area contributed by atoms with Crippen molar-refractivity contribution in [1.82, 2.24) is 15.2 Å². The first kappa shape index (κ1) is 10.5. The van der Waals surface area contributed by atoms with Crippen LogP contribution in [0.25, 0.3) is 0 Å². The first-order valence-corrected chi connectivity index (χ1v) is 6.32. The van der Waals surface area contributed by atoms with Crippen molar-refractivity contribution in [3.63, 3.8) is 0 Å². The van der Waals surface area contributed by atoms with Crippen molar-refractivity contribution in [3.8, 4) is 6.07 Å². The second-order valence-electron chi connectivity index (χ2n) is 3.75. The molecule has 4 nitrogen and oxygen atoms in total. The van der Waals surface area contributed by atoms with E-state index in [1.54, 1.807) is 0 Å². The minimum absolute atomic E-state index is 0.296. The summed E-state index contributed by atoms with van der Waals surface area (Å²) in [7, 11) is 0. The van der Waals surface area contributed by atoms with E-state index >= 15 is 0 Å². The summed E-state index contributed by atoms with van der Waals surface area (Å²) in [5, 5.41) is 16.1. The van der Waals surface area contributed by atoms with Crippen molar-refractivity contribution in [2.75, 3.05) is 0 Å². The van der Waals surface area contributed by atoms with Crippen LogP contribution in [0.2, 0.25) is 0 Å². The Morgan fingerprint density at radius 1 is 1.47 bits per heavy atom. The van der Waals surface area contributed by atoms with Crippen LogP contribution in [0.5, 0.6) is 0 Å². The monoisotopic (exact) mass is 222 g/mol. The second kappa shape index (κ2) is 5.17. The maximum atomic E-state index is 8.48. The first-order chi connectivity index (χ1) is 7.38. The highest BCUT2D eigenvalue weighted by Gasteiger charge is 2.15. The summed E-state index contributed by atoms with van der Waals surface area (Å²) in [5.41, 5.74) is 0. The number of aromatic nitrogens is 3. The minimum Gasteiger partial charge on any atom is -0.262 e. The van der Waals surface area contributed by atoms with Crippen LogP contribution in [0, 0.1) is 11.3 Å². The third-order valence-electron chi connectivity index (χ3n) is 2.57. The van der Waals surface area contributed by atoms with Crippen LogP contribution in [0.15, 0.2) is 0 Å². The Morgan fingerprint density at radius 2 is 2.27 bits per heavy atom. The maximum Gasteiger partial charge on any atom is 0.164 e. The Bertz CT molecular complexity index is 349. The van der Waals surface area contributed by atoms with Gasteiger partial charge in [-0.15, -0.1) is 0 Å². The lowest BCUT2D eigenvalue weighted by Crippen LogP contribution is -1.96. The molecule has 1 aliphatic carbocycles. The van der Waals surface area contributed by atoms with E-state index in [9.17, 15) is 0 Å². The van der Waals surface area contributed by atoms with Gasteiger partial charge in [0.05, 0.1) is 18.2 Å². The van der Waals surface area contributed by atoms with Crippen molar-refractivity contribution in [2.45, 2.75) is 43.1 Å². The fraction of sp³-hybridized carbons (Fsp3) is 0.700. The van der Waals surface area contributed by atoms with Crippen molar-refractivity contribution < 1.29 is 0 Å². The van der Waals surface area contributed by atoms with Crippen molar-refractivity contribution in [1.29, 1.82) is 5.26 Å². The van der Waals surface area contributed by atoms with E-state index in [2.05, 4.69) is 15.2 Å². The Labute approximate surface area is 93.5 Å². The Morgan fingerprint density at radius 3 is 3.00 bits per heavy atom. The molecule has 0 aromatic carbocycles. The smallest absolute Gasteiger partial charge is 0.164 e. The van der Waals surface area contributed by atoms with E-state index in [0.717, 1.165) is 16.8 Å². The van der Waals surface area contributed by atoms with Gasteiger partial charge >= 0.3 is 0 Å². The third kappa shape index (κ3) is 2.96. The van der Waals surface area contributed by atoms with Gasteiger partial charge < -0.3 is 0 Å². The van der Waals surface area contributed by atoms with Crippen LogP contribution in [-0.2, 0) is 12.2 Å². The molecule has 0 amide bonds. The first-order valence-electron chi connectivity index (χ1n) is 5.27. The highest BCUT2D eigenvalue weighted by molar-refractivity contribution is 7.99. The predicted molar refractivity (Wildman–Crippen MR) is 59.3 cm³/mol. The molecule has 2 rings (SSSR count). The molecule has 5 heteroatoms. The summed E-state index contributed by atoms with van der Waals surface area (Å²) in [6, 6.07) is 2.04. The lowest BCUT2D eigenvalue weighted by molar-refractivity contribution is 0.886. The van der Waals surface area contributed by atoms with Crippen molar-refractivity contribution in [3.05, 3.63) is 11.6 Å². The lowest BCUT2D eigenvalue weighted by Gasteiger charge is -2.05. The quantitative estimate of drug-likeness (QED) is 0.846. The second-order valence-corrected chi connectivity index (χ2v) is 5.04. The molecule has 15 heavy (non-hydrogen) atoms. The van der Waals surface area contributed by atoms with Gasteiger partial charge in [0.15, 0.2) is 5.82 Å². The molecule has 80 valence electrons. The number of nitrogens with zero attached hydrogens (tertiary/aromatic N) is 3. The highest BCUT2D eigenvalue weighted by Crippen LogP contribution is 2.30. The van der Waals surface area contributed by atoms with Crippen LogP contribution < -0.4 is 0 Å². The van der Waals surface area contributed by atoms with Gasteiger partial charge in [-0.1, -0.05) is 12.8 Å². The zero-order valence-electron chi connectivity index (χ0n) is 8.57. The molecule has 1 saturated carbocycles. The van der Waals surface area contributed by atoms with Gasteiger partial charge in [0.1, 0.15) is 5.82 Å². The van der Waals surface area contributed by atoms with Crippen LogP contribution >= 0.6 is 11.8 Å². The number of hydrogen-bond donors (Lipinski definition) is 1. The molecule has 1 aromatic rings. The summed E-state index contributed by atoms with van der Waals surface area (Å²) in [5.74, 6) is 2.40. The van der Waals surface area contributed by atoms with Gasteiger partial charge in [-0.25, -0.2) is 4.98 Å². The minimum atomic E-state index is 0.296. The lowest BCUT2D eigenvalue weighted by atomic mass is 10.4. The molecule has 0 radical (unpaired) electrons. The molecule has 0 unspecified atom stereocenters. The van der Waals surface area contributed by atoms with Gasteiger partial charge in [-0.3, -0.25) is 5.10 Å². The average Bonchev–Trinajstić information content (AvgIpc) is 2.85. The van der Waals surface area contributed by atoms with Gasteiger partial charge in [0.2, 0.25) is 0 Å². The summed E-state index contributed by atoms with van der Waals surface area (Å²) in [6.07, 6.45) is 5.71. The number of nitriles is 1. The molecule has 1 N–H and O–H groups in total. The van der Waals surface area contributed by atoms with Crippen LogP contribution in [0.1, 0.15) is 37.3 Å². The molecule has 1 aliphatic rings. The zero-order valence-corrected chi connectivity index (χ0v) is 9.39. The molecular weight excluding hydrogens is 208 g/mol. The van der Waals surface area contributed by atoms with Gasteiger partial charge in [-0.05, 0) is 12.8 Å². The largest absolute Gasteiger partial charge is 0.262 e. The van der Waals surface area contributed by atoms with E-state index in [0.29, 0.717) is 12.2 Å². The maximum absolute atomic E-state index is 8.48. The fourth-order valence-corrected chi connectivity index (χ4v) is 2.99. The normalized spacial score (nSPS) is 16.7. The highest BCUT2D eigenvalue weighted by atomic mass is 32.2. The summed E-state index contributed by atoms with van der Waals surface area (Å²) in [6.45, 7) is 0. The number of H-pyrrole nitrogens is 1. The molecule has 1 fully saturated rings. The third-order valence-corrected chi connectivity index (χ3v) is 3.96. The number of hydrogen-bond acceptors (Lipinski definition) is 4. The SMILES string of the molecule is N#CCc1n[nH]c(CSC2CCCC2)n1. The predicted octanol–water partition coefficient (Wildman–Crippen LogP) is 2.05. The van der Waals surface area contributed by atoms with E-state index in [1.165, 1.54) is 25.7 Å². The molecular formula is C10H14N4S. The van der Waals surface area contributed by atoms with E-state index in [-0.39, 0.29) is 0 Å². The fourth-order valence-electron chi connectivity index (χ4n) is 1.80. The number of aromatic amines is 1. The van der Waals surface area contributed by atoms with Crippen LogP contribution in [-0.4, -0.2) is 20.4 Å². The summed E-state index contributed by atoms with van der Waals surface area (Å²) in [4.78, 5) is 4.25. The summed E-state index contributed by atoms with van der Waals surface area (Å²) >= 11 is 1.95. The van der Waals surface area contributed by atoms with Gasteiger partial charge in [0, 0.05) is 5.25 Å². The molecule has 0 spiro atoms. The molecule has 0 aliphatic heterocycles. The van der Waals surface area contributed by atoms with E-state index in [1.807, 2.05) is 17.8 Å². The number of thioether (sulfide) groups is 1. The van der Waals surface area contributed by atoms with Gasteiger partial charge in [0.25, 0.3) is 0 Å². The topological polar surface area (TPSA) is 65.4 Å². The van der Waals surface area contributed by atoms with Gasteiger partial charge in [-0.2, -0.15) is 22.1 Å². The molecule has 0 saturated heterocycles. The zero-order chi connectivity index (χ0) is 10.5. The van der Waals surface area contributed by atoms with E-state index < -0.39 is 0 Å². The Balaban J connectivity index is 1.80.